The van der Waals surface area contributed by atoms with E-state index < -0.39 is 15.7 Å². The molecular weight excluding hydrogens is 397 g/mol. The highest BCUT2D eigenvalue weighted by Gasteiger charge is 2.15. The molecule has 2 aromatic carbocycles. The van der Waals surface area contributed by atoms with Crippen LogP contribution in [0.15, 0.2) is 51.8 Å². The predicted molar refractivity (Wildman–Crippen MR) is 95.5 cm³/mol. The molecule has 2 aromatic rings. The lowest BCUT2D eigenvalue weighted by atomic mass is 10.2. The number of halogens is 2. The van der Waals surface area contributed by atoms with Crippen molar-refractivity contribution < 1.29 is 17.5 Å². The molecular formula is C17H19BrFNO3S. The molecule has 0 aliphatic heterocycles. The highest BCUT2D eigenvalue weighted by Crippen LogP contribution is 2.19. The van der Waals surface area contributed by atoms with Crippen molar-refractivity contribution in [3.05, 3.63) is 58.3 Å². The first-order valence-corrected chi connectivity index (χ1v) is 9.75. The molecule has 2 rings (SSSR count). The molecule has 24 heavy (non-hydrogen) atoms. The van der Waals surface area contributed by atoms with Gasteiger partial charge in [-0.1, -0.05) is 22.0 Å². The van der Waals surface area contributed by atoms with Crippen LogP contribution >= 0.6 is 15.9 Å². The van der Waals surface area contributed by atoms with Gasteiger partial charge in [-0.15, -0.1) is 0 Å². The van der Waals surface area contributed by atoms with Gasteiger partial charge in [0.1, 0.15) is 0 Å². The van der Waals surface area contributed by atoms with Crippen LogP contribution in [0.3, 0.4) is 0 Å². The molecule has 130 valence electrons. The Balaban J connectivity index is 1.96. The van der Waals surface area contributed by atoms with Crippen molar-refractivity contribution in [2.75, 3.05) is 26.5 Å². The zero-order valence-corrected chi connectivity index (χ0v) is 15.9. The molecule has 0 heterocycles. The molecule has 7 heteroatoms. The summed E-state index contributed by atoms with van der Waals surface area (Å²) >= 11 is 3.28. The summed E-state index contributed by atoms with van der Waals surface area (Å²) in [5, 5.41) is 0. The van der Waals surface area contributed by atoms with E-state index in [0.717, 1.165) is 10.0 Å². The molecule has 0 N–H and O–H groups in total. The van der Waals surface area contributed by atoms with Gasteiger partial charge in [-0.25, -0.2) is 12.8 Å². The molecule has 0 unspecified atom stereocenters. The number of methoxy groups -OCH3 is 1. The molecule has 0 aliphatic carbocycles. The first-order chi connectivity index (χ1) is 11.3. The van der Waals surface area contributed by atoms with Crippen molar-refractivity contribution >= 4 is 25.8 Å². The van der Waals surface area contributed by atoms with E-state index in [1.807, 2.05) is 4.90 Å². The lowest BCUT2D eigenvalue weighted by molar-refractivity contribution is 0.343. The Bertz CT molecular complexity index is 794. The van der Waals surface area contributed by atoms with E-state index in [4.69, 9.17) is 4.74 Å². The Morgan fingerprint density at radius 3 is 2.42 bits per heavy atom. The summed E-state index contributed by atoms with van der Waals surface area (Å²) < 4.78 is 44.0. The van der Waals surface area contributed by atoms with E-state index in [9.17, 15) is 12.8 Å². The topological polar surface area (TPSA) is 46.6 Å². The minimum Gasteiger partial charge on any atom is -0.494 e. The molecule has 4 nitrogen and oxygen atoms in total. The van der Waals surface area contributed by atoms with Gasteiger partial charge in [0.05, 0.1) is 17.8 Å². The summed E-state index contributed by atoms with van der Waals surface area (Å²) in [6.45, 7) is 0.808. The molecule has 0 atom stereocenters. The van der Waals surface area contributed by atoms with E-state index in [1.54, 1.807) is 43.4 Å². The smallest absolute Gasteiger partial charge is 0.179 e. The highest BCUT2D eigenvalue weighted by atomic mass is 79.9. The minimum atomic E-state index is -3.34. The van der Waals surface area contributed by atoms with E-state index in [-0.39, 0.29) is 11.5 Å². The van der Waals surface area contributed by atoms with E-state index >= 15 is 0 Å². The Hall–Kier alpha value is -1.44. The molecule has 0 aromatic heterocycles. The highest BCUT2D eigenvalue weighted by molar-refractivity contribution is 9.10. The van der Waals surface area contributed by atoms with Gasteiger partial charge in [0.15, 0.2) is 21.4 Å². The maximum atomic E-state index is 13.7. The fourth-order valence-corrected chi connectivity index (χ4v) is 3.84. The van der Waals surface area contributed by atoms with Gasteiger partial charge in [-0.05, 0) is 49.0 Å². The van der Waals surface area contributed by atoms with Crippen LogP contribution in [-0.4, -0.2) is 39.8 Å². The summed E-state index contributed by atoms with van der Waals surface area (Å²) in [6.07, 6.45) is 0. The number of hydrogen-bond acceptors (Lipinski definition) is 4. The van der Waals surface area contributed by atoms with Crippen LogP contribution in [0, 0.1) is 5.82 Å². The zero-order chi connectivity index (χ0) is 17.7. The van der Waals surface area contributed by atoms with Crippen LogP contribution in [0.4, 0.5) is 4.39 Å². The number of ether oxygens (including phenoxy) is 1. The van der Waals surface area contributed by atoms with Gasteiger partial charge in [0.2, 0.25) is 0 Å². The summed E-state index contributed by atoms with van der Waals surface area (Å²) in [5.41, 5.74) is 0.761. The number of benzene rings is 2. The van der Waals surface area contributed by atoms with Crippen LogP contribution in [0.1, 0.15) is 5.56 Å². The summed E-state index contributed by atoms with van der Waals surface area (Å²) in [7, 11) is -0.121. The van der Waals surface area contributed by atoms with Crippen molar-refractivity contribution in [2.45, 2.75) is 11.4 Å². The monoisotopic (exact) mass is 415 g/mol. The van der Waals surface area contributed by atoms with E-state index in [0.29, 0.717) is 18.0 Å². The van der Waals surface area contributed by atoms with Gasteiger partial charge < -0.3 is 9.64 Å². The second kappa shape index (κ2) is 8.09. The number of nitrogens with zero attached hydrogens (tertiary/aromatic N) is 1. The molecule has 0 fully saturated rings. The Morgan fingerprint density at radius 2 is 1.83 bits per heavy atom. The van der Waals surface area contributed by atoms with E-state index in [2.05, 4.69) is 15.9 Å². The Morgan fingerprint density at radius 1 is 1.17 bits per heavy atom. The summed E-state index contributed by atoms with van der Waals surface area (Å²) in [4.78, 5) is 2.15. The zero-order valence-electron chi connectivity index (χ0n) is 13.5. The third-order valence-electron chi connectivity index (χ3n) is 3.58. The minimum absolute atomic E-state index is 0.00374. The maximum absolute atomic E-state index is 13.7. The van der Waals surface area contributed by atoms with Gasteiger partial charge >= 0.3 is 0 Å². The van der Waals surface area contributed by atoms with Crippen LogP contribution in [0.2, 0.25) is 0 Å². The number of rotatable bonds is 7. The Kier molecular flexibility index (Phi) is 6.37. The Labute approximate surface area is 150 Å². The maximum Gasteiger partial charge on any atom is 0.179 e. The molecule has 0 amide bonds. The van der Waals surface area contributed by atoms with Crippen LogP contribution in [0.25, 0.3) is 0 Å². The van der Waals surface area contributed by atoms with Crippen molar-refractivity contribution in [1.82, 2.24) is 4.90 Å². The fraction of sp³-hybridized carbons (Fsp3) is 0.294. The lowest BCUT2D eigenvalue weighted by Gasteiger charge is -2.17. The van der Waals surface area contributed by atoms with Crippen molar-refractivity contribution in [1.29, 1.82) is 0 Å². The summed E-state index contributed by atoms with van der Waals surface area (Å²) in [6, 6.07) is 11.3. The third kappa shape index (κ3) is 5.03. The molecule has 0 spiro atoms. The second-order valence-corrected chi connectivity index (χ2v) is 8.50. The summed E-state index contributed by atoms with van der Waals surface area (Å²) in [5.74, 6) is -0.228. The van der Waals surface area contributed by atoms with Crippen LogP contribution in [-0.2, 0) is 16.4 Å². The number of sulfone groups is 1. The lowest BCUT2D eigenvalue weighted by Crippen LogP contribution is -2.25. The predicted octanol–water partition coefficient (Wildman–Crippen LogP) is 3.50. The van der Waals surface area contributed by atoms with Gasteiger partial charge in [0.25, 0.3) is 0 Å². The van der Waals surface area contributed by atoms with Crippen molar-refractivity contribution in [3.8, 4) is 5.75 Å². The average Bonchev–Trinajstić information content (AvgIpc) is 2.54. The molecule has 0 radical (unpaired) electrons. The molecule has 0 aliphatic rings. The molecule has 0 saturated carbocycles. The van der Waals surface area contributed by atoms with Crippen LogP contribution in [0.5, 0.6) is 5.75 Å². The van der Waals surface area contributed by atoms with E-state index in [1.165, 1.54) is 13.2 Å². The largest absolute Gasteiger partial charge is 0.494 e. The van der Waals surface area contributed by atoms with Gasteiger partial charge in [-0.2, -0.15) is 0 Å². The first kappa shape index (κ1) is 18.9. The normalized spacial score (nSPS) is 11.7. The van der Waals surface area contributed by atoms with Crippen molar-refractivity contribution in [3.63, 3.8) is 0 Å². The van der Waals surface area contributed by atoms with Gasteiger partial charge in [0, 0.05) is 17.6 Å². The first-order valence-electron chi connectivity index (χ1n) is 7.31. The van der Waals surface area contributed by atoms with Crippen molar-refractivity contribution in [2.24, 2.45) is 0 Å². The third-order valence-corrected chi connectivity index (χ3v) is 5.82. The average molecular weight is 416 g/mol. The fourth-order valence-electron chi connectivity index (χ4n) is 2.23. The number of hydrogen-bond donors (Lipinski definition) is 0. The molecule has 0 saturated heterocycles. The molecule has 0 bridgehead atoms. The van der Waals surface area contributed by atoms with Gasteiger partial charge in [-0.3, -0.25) is 0 Å². The second-order valence-electron chi connectivity index (χ2n) is 5.48. The SMILES string of the molecule is COc1ccc(CN(C)CCS(=O)(=O)c2ccc(Br)cc2)cc1F. The quantitative estimate of drug-likeness (QED) is 0.693. The standard InChI is InChI=1S/C17H19BrFNO3S/c1-20(12-13-3-8-17(23-2)16(19)11-13)9-10-24(21,22)15-6-4-14(18)5-7-15/h3-8,11H,9-10,12H2,1-2H3. The van der Waals surface area contributed by atoms with Crippen LogP contribution < -0.4 is 4.74 Å².